The molecule has 0 aromatic heterocycles. The van der Waals surface area contributed by atoms with Crippen molar-refractivity contribution < 1.29 is 14.3 Å². The van der Waals surface area contributed by atoms with Gasteiger partial charge < -0.3 is 15.0 Å². The summed E-state index contributed by atoms with van der Waals surface area (Å²) >= 11 is 3.47. The third-order valence-electron chi connectivity index (χ3n) is 5.83. The van der Waals surface area contributed by atoms with Gasteiger partial charge in [-0.3, -0.25) is 9.59 Å². The van der Waals surface area contributed by atoms with Crippen molar-refractivity contribution >= 4 is 27.7 Å². The number of amides is 2. The topological polar surface area (TPSA) is 58.6 Å². The summed E-state index contributed by atoms with van der Waals surface area (Å²) in [6.45, 7) is 6.03. The Morgan fingerprint density at radius 2 is 1.81 bits per heavy atom. The normalized spacial score (nSPS) is 14.8. The summed E-state index contributed by atoms with van der Waals surface area (Å²) in [5.74, 6) is 0.314. The maximum atomic E-state index is 13.1. The van der Waals surface area contributed by atoms with Crippen molar-refractivity contribution in [3.05, 3.63) is 63.6 Å². The molecule has 0 saturated heterocycles. The molecule has 2 aromatic carbocycles. The summed E-state index contributed by atoms with van der Waals surface area (Å²) < 4.78 is 6.75. The number of aryl methyl sites for hydroxylation is 2. The highest BCUT2D eigenvalue weighted by Crippen LogP contribution is 2.22. The van der Waals surface area contributed by atoms with Crippen molar-refractivity contribution in [2.24, 2.45) is 0 Å². The van der Waals surface area contributed by atoms with Gasteiger partial charge in [0.2, 0.25) is 5.91 Å². The number of benzene rings is 2. The van der Waals surface area contributed by atoms with Gasteiger partial charge in [0.15, 0.2) is 6.61 Å². The molecule has 6 heteroatoms. The zero-order valence-electron chi connectivity index (χ0n) is 18.5. The second-order valence-electron chi connectivity index (χ2n) is 8.37. The minimum Gasteiger partial charge on any atom is -0.484 e. The molecule has 0 radical (unpaired) electrons. The van der Waals surface area contributed by atoms with Crippen LogP contribution in [-0.4, -0.2) is 35.4 Å². The lowest BCUT2D eigenvalue weighted by atomic mass is 10.1. The van der Waals surface area contributed by atoms with Crippen LogP contribution in [-0.2, 0) is 16.1 Å². The molecule has 1 N–H and O–H groups in total. The number of nitrogens with zero attached hydrogens (tertiary/aromatic N) is 1. The molecule has 31 heavy (non-hydrogen) atoms. The molecule has 5 nitrogen and oxygen atoms in total. The summed E-state index contributed by atoms with van der Waals surface area (Å²) in [7, 11) is 0. The van der Waals surface area contributed by atoms with Crippen molar-refractivity contribution in [2.45, 2.75) is 65.1 Å². The first-order valence-electron chi connectivity index (χ1n) is 10.9. The van der Waals surface area contributed by atoms with Crippen LogP contribution in [0.25, 0.3) is 0 Å². The zero-order chi connectivity index (χ0) is 22.4. The lowest BCUT2D eigenvalue weighted by Crippen LogP contribution is -2.50. The average Bonchev–Trinajstić information content (AvgIpc) is 3.26. The molecule has 0 heterocycles. The summed E-state index contributed by atoms with van der Waals surface area (Å²) in [6, 6.07) is 13.3. The number of hydrogen-bond donors (Lipinski definition) is 1. The van der Waals surface area contributed by atoms with Crippen LogP contribution in [0.2, 0.25) is 0 Å². The first kappa shape index (κ1) is 23.3. The van der Waals surface area contributed by atoms with Gasteiger partial charge in [0.05, 0.1) is 0 Å². The summed E-state index contributed by atoms with van der Waals surface area (Å²) in [5.41, 5.74) is 3.17. The van der Waals surface area contributed by atoms with Crippen LogP contribution in [0, 0.1) is 13.8 Å². The lowest BCUT2D eigenvalue weighted by Gasteiger charge is -2.29. The Balaban J connectivity index is 1.71. The van der Waals surface area contributed by atoms with Crippen molar-refractivity contribution in [1.82, 2.24) is 10.2 Å². The number of halogens is 1. The van der Waals surface area contributed by atoms with E-state index in [9.17, 15) is 9.59 Å². The summed E-state index contributed by atoms with van der Waals surface area (Å²) in [5, 5.41) is 3.12. The van der Waals surface area contributed by atoms with E-state index in [0.29, 0.717) is 12.3 Å². The first-order valence-corrected chi connectivity index (χ1v) is 11.7. The van der Waals surface area contributed by atoms with Gasteiger partial charge in [-0.15, -0.1) is 0 Å². The van der Waals surface area contributed by atoms with E-state index in [1.165, 1.54) is 0 Å². The van der Waals surface area contributed by atoms with E-state index in [0.717, 1.165) is 46.8 Å². The smallest absolute Gasteiger partial charge is 0.261 e. The van der Waals surface area contributed by atoms with Crippen molar-refractivity contribution in [1.29, 1.82) is 0 Å². The predicted molar refractivity (Wildman–Crippen MR) is 126 cm³/mol. The second-order valence-corrected chi connectivity index (χ2v) is 9.23. The highest BCUT2D eigenvalue weighted by atomic mass is 79.9. The van der Waals surface area contributed by atoms with Crippen LogP contribution in [0.4, 0.5) is 0 Å². The largest absolute Gasteiger partial charge is 0.484 e. The van der Waals surface area contributed by atoms with Gasteiger partial charge in [-0.05, 0) is 62.9 Å². The Kier molecular flexibility index (Phi) is 8.13. The van der Waals surface area contributed by atoms with Gasteiger partial charge in [0.25, 0.3) is 5.91 Å². The predicted octanol–water partition coefficient (Wildman–Crippen LogP) is 4.92. The van der Waals surface area contributed by atoms with E-state index in [-0.39, 0.29) is 24.5 Å². The number of carbonyl (C=O) groups is 2. The van der Waals surface area contributed by atoms with Crippen molar-refractivity contribution in [3.8, 4) is 5.75 Å². The van der Waals surface area contributed by atoms with E-state index in [1.54, 1.807) is 11.8 Å². The van der Waals surface area contributed by atoms with E-state index >= 15 is 0 Å². The van der Waals surface area contributed by atoms with E-state index in [4.69, 9.17) is 4.74 Å². The quantitative estimate of drug-likeness (QED) is 0.575. The third-order valence-corrected chi connectivity index (χ3v) is 6.72. The Labute approximate surface area is 193 Å². The Bertz CT molecular complexity index is 907. The molecule has 2 amide bonds. The van der Waals surface area contributed by atoms with Gasteiger partial charge in [-0.1, -0.05) is 58.6 Å². The SMILES string of the molecule is Cc1ccc(CN(C(=O)COc2ccc(Br)c(C)c2)[C@H](C)C(=O)NC2CCCC2)cc1. The fraction of sp³-hybridized carbons (Fsp3) is 0.440. The van der Waals surface area contributed by atoms with Gasteiger partial charge >= 0.3 is 0 Å². The van der Waals surface area contributed by atoms with Crippen LogP contribution in [0.3, 0.4) is 0 Å². The van der Waals surface area contributed by atoms with Gasteiger partial charge in [0, 0.05) is 17.1 Å². The molecular weight excluding hydrogens is 456 g/mol. The maximum Gasteiger partial charge on any atom is 0.261 e. The second kappa shape index (κ2) is 10.8. The molecule has 1 fully saturated rings. The van der Waals surface area contributed by atoms with Crippen LogP contribution in [0.1, 0.15) is 49.3 Å². The Hall–Kier alpha value is -2.34. The molecule has 1 atom stereocenters. The van der Waals surface area contributed by atoms with Crippen molar-refractivity contribution in [3.63, 3.8) is 0 Å². The molecule has 2 aromatic rings. The molecule has 0 aliphatic heterocycles. The third kappa shape index (κ3) is 6.57. The van der Waals surface area contributed by atoms with E-state index < -0.39 is 6.04 Å². The fourth-order valence-corrected chi connectivity index (χ4v) is 4.05. The standard InChI is InChI=1S/C25H31BrN2O3/c1-17-8-10-20(11-9-17)15-28(19(3)25(30)27-21-6-4-5-7-21)24(29)16-31-22-12-13-23(26)18(2)14-22/h8-14,19,21H,4-7,15-16H2,1-3H3,(H,27,30)/t19-/m1/s1. The fourth-order valence-electron chi connectivity index (χ4n) is 3.80. The molecule has 1 saturated carbocycles. The number of carbonyl (C=O) groups excluding carboxylic acids is 2. The number of ether oxygens (including phenoxy) is 1. The average molecular weight is 487 g/mol. The minimum absolute atomic E-state index is 0.105. The number of hydrogen-bond acceptors (Lipinski definition) is 3. The number of nitrogens with one attached hydrogen (secondary N) is 1. The highest BCUT2D eigenvalue weighted by Gasteiger charge is 2.28. The molecule has 0 bridgehead atoms. The van der Waals surface area contributed by atoms with Crippen LogP contribution in [0.15, 0.2) is 46.9 Å². The van der Waals surface area contributed by atoms with Crippen LogP contribution >= 0.6 is 15.9 Å². The lowest BCUT2D eigenvalue weighted by molar-refractivity contribution is -0.142. The maximum absolute atomic E-state index is 13.1. The van der Waals surface area contributed by atoms with Crippen LogP contribution < -0.4 is 10.1 Å². The van der Waals surface area contributed by atoms with Gasteiger partial charge in [-0.2, -0.15) is 0 Å². The Morgan fingerprint density at radius 3 is 2.45 bits per heavy atom. The van der Waals surface area contributed by atoms with E-state index in [2.05, 4.69) is 21.2 Å². The van der Waals surface area contributed by atoms with Gasteiger partial charge in [-0.25, -0.2) is 0 Å². The summed E-state index contributed by atoms with van der Waals surface area (Å²) in [6.07, 6.45) is 4.31. The molecule has 3 rings (SSSR count). The monoisotopic (exact) mass is 486 g/mol. The Morgan fingerprint density at radius 1 is 1.13 bits per heavy atom. The molecule has 1 aliphatic rings. The van der Waals surface area contributed by atoms with E-state index in [1.807, 2.05) is 56.3 Å². The first-order chi connectivity index (χ1) is 14.8. The van der Waals surface area contributed by atoms with Gasteiger partial charge in [0.1, 0.15) is 11.8 Å². The summed E-state index contributed by atoms with van der Waals surface area (Å²) in [4.78, 5) is 27.6. The molecule has 166 valence electrons. The molecule has 0 unspecified atom stereocenters. The molecular formula is C25H31BrN2O3. The van der Waals surface area contributed by atoms with Crippen LogP contribution in [0.5, 0.6) is 5.75 Å². The molecule has 0 spiro atoms. The van der Waals surface area contributed by atoms with Crippen molar-refractivity contribution in [2.75, 3.05) is 6.61 Å². The minimum atomic E-state index is -0.579. The zero-order valence-corrected chi connectivity index (χ0v) is 20.1. The number of rotatable bonds is 8. The highest BCUT2D eigenvalue weighted by molar-refractivity contribution is 9.10. The molecule has 1 aliphatic carbocycles.